The van der Waals surface area contributed by atoms with E-state index < -0.39 is 80.7 Å². The fraction of sp³-hybridized carbons (Fsp3) is 0.816. The zero-order valence-electron chi connectivity index (χ0n) is 38.5. The number of hydrogen-bond acceptors (Lipinski definition) is 14. The van der Waals surface area contributed by atoms with Crippen LogP contribution in [-0.2, 0) is 33.2 Å². The molecule has 14 nitrogen and oxygen atoms in total. The van der Waals surface area contributed by atoms with Gasteiger partial charge in [-0.05, 0) is 51.4 Å². The number of hydrogen-bond donors (Lipinski definition) is 7. The van der Waals surface area contributed by atoms with Gasteiger partial charge in [0.15, 0.2) is 12.6 Å². The molecule has 0 saturated carbocycles. The van der Waals surface area contributed by atoms with Crippen LogP contribution < -0.4 is 0 Å². The van der Waals surface area contributed by atoms with Crippen molar-refractivity contribution in [3.63, 3.8) is 0 Å². The Balaban J connectivity index is 1.70. The SMILES string of the molecule is CC/C=C\C/C=C\C/C=C\C/C=C\CCCCCCCCCCCOCC(COC1OC(COC2OC(CO)C(O)C(O)C2O)C(O)C(O)C1O)OC(=O)CCCCCCCCC. The van der Waals surface area contributed by atoms with Gasteiger partial charge in [0.2, 0.25) is 0 Å². The number of esters is 1. The highest BCUT2D eigenvalue weighted by Crippen LogP contribution is 2.26. The Morgan fingerprint density at radius 3 is 1.62 bits per heavy atom. The van der Waals surface area contributed by atoms with E-state index in [1.165, 1.54) is 57.8 Å². The third-order valence-electron chi connectivity index (χ3n) is 11.4. The zero-order chi connectivity index (χ0) is 45.9. The van der Waals surface area contributed by atoms with E-state index in [2.05, 4.69) is 62.5 Å². The van der Waals surface area contributed by atoms with E-state index in [-0.39, 0.29) is 25.6 Å². The molecule has 14 heteroatoms. The molecule has 2 heterocycles. The first-order chi connectivity index (χ1) is 30.6. The molecule has 0 amide bonds. The molecule has 0 aliphatic carbocycles. The van der Waals surface area contributed by atoms with Crippen LogP contribution in [-0.4, -0.2) is 142 Å². The fourth-order valence-electron chi connectivity index (χ4n) is 7.39. The Morgan fingerprint density at radius 1 is 0.540 bits per heavy atom. The summed E-state index contributed by atoms with van der Waals surface area (Å²) in [4.78, 5) is 12.8. The number of carbonyl (C=O) groups is 1. The third-order valence-corrected chi connectivity index (χ3v) is 11.4. The number of aliphatic hydroxyl groups is 7. The van der Waals surface area contributed by atoms with Crippen LogP contribution in [0, 0.1) is 0 Å². The summed E-state index contributed by atoms with van der Waals surface area (Å²) in [6, 6.07) is 0. The minimum absolute atomic E-state index is 0.0569. The van der Waals surface area contributed by atoms with Gasteiger partial charge < -0.3 is 64.2 Å². The highest BCUT2D eigenvalue weighted by molar-refractivity contribution is 5.69. The van der Waals surface area contributed by atoms with Crippen molar-refractivity contribution in [3.8, 4) is 0 Å². The fourth-order valence-corrected chi connectivity index (χ4v) is 7.39. The number of rotatable bonds is 37. The third kappa shape index (κ3) is 25.4. The van der Waals surface area contributed by atoms with E-state index in [1.807, 2.05) is 0 Å². The lowest BCUT2D eigenvalue weighted by atomic mass is 9.98. The molecule has 0 aromatic carbocycles. The first-order valence-corrected chi connectivity index (χ1v) is 24.2. The summed E-state index contributed by atoms with van der Waals surface area (Å²) in [6.07, 6.45) is 24.9. The van der Waals surface area contributed by atoms with Crippen molar-refractivity contribution in [1.82, 2.24) is 0 Å². The van der Waals surface area contributed by atoms with Crippen molar-refractivity contribution in [2.45, 2.75) is 223 Å². The number of unbranched alkanes of at least 4 members (excludes halogenated alkanes) is 15. The maximum atomic E-state index is 12.8. The van der Waals surface area contributed by atoms with Crippen LogP contribution in [0.3, 0.4) is 0 Å². The molecule has 2 aliphatic rings. The minimum atomic E-state index is -1.71. The molecule has 11 atom stereocenters. The summed E-state index contributed by atoms with van der Waals surface area (Å²) < 4.78 is 34.1. The molecule has 0 radical (unpaired) electrons. The van der Waals surface area contributed by atoms with E-state index in [9.17, 15) is 40.5 Å². The number of aliphatic hydroxyl groups excluding tert-OH is 7. The molecule has 0 aromatic rings. The van der Waals surface area contributed by atoms with E-state index in [0.717, 1.165) is 70.6 Å². The molecule has 7 N–H and O–H groups in total. The predicted molar refractivity (Wildman–Crippen MR) is 243 cm³/mol. The monoisotopic (exact) mass is 899 g/mol. The van der Waals surface area contributed by atoms with Crippen LogP contribution in [0.25, 0.3) is 0 Å². The Kier molecular flexibility index (Phi) is 33.6. The van der Waals surface area contributed by atoms with Crippen molar-refractivity contribution in [2.24, 2.45) is 0 Å². The molecule has 63 heavy (non-hydrogen) atoms. The van der Waals surface area contributed by atoms with Crippen LogP contribution in [0.1, 0.15) is 155 Å². The van der Waals surface area contributed by atoms with Gasteiger partial charge in [0.05, 0.1) is 26.4 Å². The largest absolute Gasteiger partial charge is 0.457 e. The molecule has 2 rings (SSSR count). The van der Waals surface area contributed by atoms with Gasteiger partial charge in [0.25, 0.3) is 0 Å². The molecular weight excluding hydrogens is 813 g/mol. The van der Waals surface area contributed by atoms with Crippen molar-refractivity contribution in [2.75, 3.05) is 33.0 Å². The van der Waals surface area contributed by atoms with E-state index in [0.29, 0.717) is 13.0 Å². The average Bonchev–Trinajstić information content (AvgIpc) is 3.28. The molecule has 2 fully saturated rings. The van der Waals surface area contributed by atoms with Crippen molar-refractivity contribution < 1.29 is 69.0 Å². The second-order valence-electron chi connectivity index (χ2n) is 16.9. The molecule has 0 spiro atoms. The van der Waals surface area contributed by atoms with Gasteiger partial charge in [-0.1, -0.05) is 146 Å². The van der Waals surface area contributed by atoms with Gasteiger partial charge in [-0.25, -0.2) is 0 Å². The van der Waals surface area contributed by atoms with Gasteiger partial charge in [-0.2, -0.15) is 0 Å². The number of allylic oxidation sites excluding steroid dienone is 8. The summed E-state index contributed by atoms with van der Waals surface area (Å²) in [6.45, 7) is 3.49. The van der Waals surface area contributed by atoms with E-state index in [1.54, 1.807) is 0 Å². The van der Waals surface area contributed by atoms with Gasteiger partial charge in [-0.3, -0.25) is 4.79 Å². The Hall–Kier alpha value is -2.05. The molecule has 0 bridgehead atoms. The lowest BCUT2D eigenvalue weighted by Crippen LogP contribution is -2.61. The molecule has 366 valence electrons. The Labute approximate surface area is 378 Å². The van der Waals surface area contributed by atoms with Gasteiger partial charge in [-0.15, -0.1) is 0 Å². The Morgan fingerprint density at radius 2 is 1.03 bits per heavy atom. The summed E-state index contributed by atoms with van der Waals surface area (Å²) in [5, 5.41) is 71.9. The van der Waals surface area contributed by atoms with E-state index in [4.69, 9.17) is 28.4 Å². The standard InChI is InChI=1S/C49H86O14/c1-3-5-7-9-11-12-13-14-15-16-17-18-19-20-21-22-23-24-25-27-29-31-33-58-35-38(61-41(51)32-30-28-26-10-8-6-4-2)36-59-48-47(57)45(55)43(53)40(63-48)37-60-49-46(56)44(54)42(52)39(34-50)62-49/h5,7,11-12,14-15,17-18,38-40,42-50,52-57H,3-4,6,8-10,13,16,19-37H2,1-2H3/b7-5-,12-11-,15-14-,18-17-. The van der Waals surface area contributed by atoms with Crippen molar-refractivity contribution in [3.05, 3.63) is 48.6 Å². The zero-order valence-corrected chi connectivity index (χ0v) is 38.5. The van der Waals surface area contributed by atoms with Crippen LogP contribution in [0.5, 0.6) is 0 Å². The smallest absolute Gasteiger partial charge is 0.306 e. The summed E-state index contributed by atoms with van der Waals surface area (Å²) in [5.74, 6) is -0.387. The second-order valence-corrected chi connectivity index (χ2v) is 16.9. The maximum Gasteiger partial charge on any atom is 0.306 e. The second kappa shape index (κ2) is 37.1. The molecular formula is C49H86O14. The molecule has 2 saturated heterocycles. The van der Waals surface area contributed by atoms with Crippen molar-refractivity contribution >= 4 is 5.97 Å². The Bertz CT molecular complexity index is 1230. The maximum absolute atomic E-state index is 12.8. The first-order valence-electron chi connectivity index (χ1n) is 24.2. The highest BCUT2D eigenvalue weighted by atomic mass is 16.7. The topological polar surface area (TPSA) is 214 Å². The van der Waals surface area contributed by atoms with Crippen LogP contribution in [0.4, 0.5) is 0 Å². The number of ether oxygens (including phenoxy) is 6. The predicted octanol–water partition coefficient (Wildman–Crippen LogP) is 6.40. The lowest BCUT2D eigenvalue weighted by molar-refractivity contribution is -0.332. The normalized spacial score (nSPS) is 27.4. The van der Waals surface area contributed by atoms with E-state index >= 15 is 0 Å². The number of carbonyl (C=O) groups excluding carboxylic acids is 1. The quantitative estimate of drug-likeness (QED) is 0.0204. The summed E-state index contributed by atoms with van der Waals surface area (Å²) in [5.41, 5.74) is 0. The van der Waals surface area contributed by atoms with Crippen LogP contribution in [0.15, 0.2) is 48.6 Å². The summed E-state index contributed by atoms with van der Waals surface area (Å²) >= 11 is 0. The average molecular weight is 899 g/mol. The lowest BCUT2D eigenvalue weighted by Gasteiger charge is -2.42. The van der Waals surface area contributed by atoms with Gasteiger partial charge in [0.1, 0.15) is 54.9 Å². The highest BCUT2D eigenvalue weighted by Gasteiger charge is 2.47. The molecule has 0 aromatic heterocycles. The molecule has 11 unspecified atom stereocenters. The molecule has 2 aliphatic heterocycles. The first kappa shape index (κ1) is 57.1. The summed E-state index contributed by atoms with van der Waals surface area (Å²) in [7, 11) is 0. The van der Waals surface area contributed by atoms with Gasteiger partial charge >= 0.3 is 5.97 Å². The van der Waals surface area contributed by atoms with Crippen molar-refractivity contribution in [1.29, 1.82) is 0 Å². The van der Waals surface area contributed by atoms with Gasteiger partial charge in [0, 0.05) is 13.0 Å². The van der Waals surface area contributed by atoms with Crippen LogP contribution in [0.2, 0.25) is 0 Å². The minimum Gasteiger partial charge on any atom is -0.457 e. The van der Waals surface area contributed by atoms with Crippen LogP contribution >= 0.6 is 0 Å².